The second-order valence-corrected chi connectivity index (χ2v) is 2.90. The SMILES string of the molecule is CCCC(=O)OC(C)CC(=O)OCO.[Ca+2].[H-].[H-]. The Kier molecular flexibility index (Phi) is 12.5. The summed E-state index contributed by atoms with van der Waals surface area (Å²) in [6, 6.07) is 0. The molecule has 0 spiro atoms. The molecule has 15 heavy (non-hydrogen) atoms. The van der Waals surface area contributed by atoms with Crippen molar-refractivity contribution in [1.29, 1.82) is 0 Å². The summed E-state index contributed by atoms with van der Waals surface area (Å²) >= 11 is 0. The van der Waals surface area contributed by atoms with E-state index in [1.807, 2.05) is 6.92 Å². The molecule has 6 heteroatoms. The molecule has 0 aliphatic rings. The van der Waals surface area contributed by atoms with Gasteiger partial charge in [-0.2, -0.15) is 0 Å². The van der Waals surface area contributed by atoms with Gasteiger partial charge >= 0.3 is 49.7 Å². The van der Waals surface area contributed by atoms with Crippen LogP contribution in [0.3, 0.4) is 0 Å². The third kappa shape index (κ3) is 10.4. The van der Waals surface area contributed by atoms with Gasteiger partial charge in [-0.15, -0.1) is 0 Å². The Bertz CT molecular complexity index is 184. The van der Waals surface area contributed by atoms with Crippen LogP contribution in [0.15, 0.2) is 0 Å². The number of hydrogen-bond donors (Lipinski definition) is 1. The molecule has 0 radical (unpaired) electrons. The molecule has 1 unspecified atom stereocenters. The molecule has 0 aromatic heterocycles. The monoisotopic (exact) mass is 246 g/mol. The molecular weight excluding hydrogens is 228 g/mol. The number of aliphatic hydroxyl groups is 1. The largest absolute Gasteiger partial charge is 2.00 e. The first kappa shape index (κ1) is 17.6. The quantitative estimate of drug-likeness (QED) is 0.418. The van der Waals surface area contributed by atoms with Crippen LogP contribution in [0, 0.1) is 0 Å². The van der Waals surface area contributed by atoms with E-state index < -0.39 is 18.9 Å². The molecule has 0 aliphatic heterocycles. The fourth-order valence-corrected chi connectivity index (χ4v) is 0.895. The van der Waals surface area contributed by atoms with E-state index in [2.05, 4.69) is 4.74 Å². The first-order chi connectivity index (χ1) is 6.60. The van der Waals surface area contributed by atoms with Crippen molar-refractivity contribution in [3.63, 3.8) is 0 Å². The third-order valence-electron chi connectivity index (χ3n) is 1.47. The number of carbonyl (C=O) groups is 2. The minimum atomic E-state index is -0.644. The van der Waals surface area contributed by atoms with Gasteiger partial charge in [-0.25, -0.2) is 0 Å². The van der Waals surface area contributed by atoms with E-state index in [9.17, 15) is 9.59 Å². The van der Waals surface area contributed by atoms with Crippen LogP contribution in [0.4, 0.5) is 0 Å². The molecule has 0 heterocycles. The molecule has 0 fully saturated rings. The van der Waals surface area contributed by atoms with Gasteiger partial charge in [0.15, 0.2) is 6.79 Å². The zero-order valence-electron chi connectivity index (χ0n) is 11.2. The molecule has 0 aromatic carbocycles. The molecule has 1 atom stereocenters. The molecular formula is C9H18CaO5. The van der Waals surface area contributed by atoms with E-state index in [4.69, 9.17) is 9.84 Å². The van der Waals surface area contributed by atoms with E-state index in [-0.39, 0.29) is 53.0 Å². The molecule has 0 saturated carbocycles. The van der Waals surface area contributed by atoms with Gasteiger partial charge in [0, 0.05) is 6.42 Å². The van der Waals surface area contributed by atoms with E-state index in [1.165, 1.54) is 0 Å². The zero-order valence-corrected chi connectivity index (χ0v) is 11.4. The minimum absolute atomic E-state index is 0. The second kappa shape index (κ2) is 10.7. The Labute approximate surface area is 122 Å². The second-order valence-electron chi connectivity index (χ2n) is 2.90. The van der Waals surface area contributed by atoms with Crippen LogP contribution in [0.2, 0.25) is 0 Å². The van der Waals surface area contributed by atoms with Crippen LogP contribution in [0.5, 0.6) is 0 Å². The number of hydrogen-bond acceptors (Lipinski definition) is 5. The van der Waals surface area contributed by atoms with Crippen molar-refractivity contribution in [2.24, 2.45) is 0 Å². The summed E-state index contributed by atoms with van der Waals surface area (Å²) < 4.78 is 9.17. The van der Waals surface area contributed by atoms with Gasteiger partial charge in [0.2, 0.25) is 0 Å². The van der Waals surface area contributed by atoms with Gasteiger partial charge < -0.3 is 17.4 Å². The standard InChI is InChI=1S/C9H16O5.Ca.2H/c1-3-4-8(11)14-7(2)5-9(12)13-6-10;;;/h7,10H,3-6H2,1-2H3;;;/q;+2;2*-1. The van der Waals surface area contributed by atoms with E-state index in [1.54, 1.807) is 6.92 Å². The maximum Gasteiger partial charge on any atom is 2.00 e. The Morgan fingerprint density at radius 2 is 2.00 bits per heavy atom. The molecule has 86 valence electrons. The number of aliphatic hydroxyl groups excluding tert-OH is 1. The molecule has 1 N–H and O–H groups in total. The summed E-state index contributed by atoms with van der Waals surface area (Å²) in [6.07, 6.45) is 0.523. The first-order valence-electron chi connectivity index (χ1n) is 4.56. The molecule has 0 amide bonds. The normalized spacial score (nSPS) is 11.1. The Hall–Kier alpha value is 0.160. The molecule has 0 saturated heterocycles. The maximum absolute atomic E-state index is 11.0. The van der Waals surface area contributed by atoms with Crippen LogP contribution in [0.25, 0.3) is 0 Å². The van der Waals surface area contributed by atoms with Crippen LogP contribution >= 0.6 is 0 Å². The van der Waals surface area contributed by atoms with Crippen molar-refractivity contribution in [1.82, 2.24) is 0 Å². The predicted molar refractivity (Wildman–Crippen MR) is 56.2 cm³/mol. The van der Waals surface area contributed by atoms with Crippen LogP contribution in [0.1, 0.15) is 36.0 Å². The average Bonchev–Trinajstić information content (AvgIpc) is 2.03. The van der Waals surface area contributed by atoms with Crippen molar-refractivity contribution in [2.45, 2.75) is 39.2 Å². The summed E-state index contributed by atoms with van der Waals surface area (Å²) in [4.78, 5) is 21.8. The minimum Gasteiger partial charge on any atom is -1.00 e. The van der Waals surface area contributed by atoms with Gasteiger partial charge in [0.05, 0.1) is 6.42 Å². The number of esters is 2. The van der Waals surface area contributed by atoms with Gasteiger partial charge in [-0.05, 0) is 13.3 Å². The summed E-state index contributed by atoms with van der Waals surface area (Å²) in [5.74, 6) is -0.902. The molecule has 0 aromatic rings. The maximum atomic E-state index is 11.0. The summed E-state index contributed by atoms with van der Waals surface area (Å²) in [6.45, 7) is 2.83. The fraction of sp³-hybridized carbons (Fsp3) is 0.778. The topological polar surface area (TPSA) is 72.8 Å². The average molecular weight is 246 g/mol. The third-order valence-corrected chi connectivity index (χ3v) is 1.47. The van der Waals surface area contributed by atoms with Crippen molar-refractivity contribution in [2.75, 3.05) is 6.79 Å². The summed E-state index contributed by atoms with van der Waals surface area (Å²) in [5.41, 5.74) is 0. The van der Waals surface area contributed by atoms with Crippen molar-refractivity contribution in [3.8, 4) is 0 Å². The first-order valence-corrected chi connectivity index (χ1v) is 4.56. The van der Waals surface area contributed by atoms with Gasteiger partial charge in [-0.1, -0.05) is 6.92 Å². The van der Waals surface area contributed by atoms with Gasteiger partial charge in [0.25, 0.3) is 0 Å². The Morgan fingerprint density at radius 1 is 1.40 bits per heavy atom. The van der Waals surface area contributed by atoms with E-state index in [0.29, 0.717) is 12.8 Å². The van der Waals surface area contributed by atoms with E-state index >= 15 is 0 Å². The van der Waals surface area contributed by atoms with Crippen molar-refractivity contribution < 1.29 is 27.0 Å². The number of rotatable bonds is 6. The molecule has 0 aliphatic carbocycles. The molecule has 0 rings (SSSR count). The zero-order chi connectivity index (χ0) is 11.0. The predicted octanol–water partition coefficient (Wildman–Crippen LogP) is 0.446. The van der Waals surface area contributed by atoms with Crippen LogP contribution in [-0.4, -0.2) is 67.7 Å². The van der Waals surface area contributed by atoms with Gasteiger partial charge in [0.1, 0.15) is 6.10 Å². The number of carbonyl (C=O) groups excluding carboxylic acids is 2. The number of ether oxygens (including phenoxy) is 2. The Balaban J connectivity index is -0.000000282. The fourth-order valence-electron chi connectivity index (χ4n) is 0.895. The van der Waals surface area contributed by atoms with Crippen molar-refractivity contribution in [3.05, 3.63) is 0 Å². The van der Waals surface area contributed by atoms with Crippen LogP contribution in [-0.2, 0) is 19.1 Å². The van der Waals surface area contributed by atoms with E-state index in [0.717, 1.165) is 0 Å². The van der Waals surface area contributed by atoms with Crippen LogP contribution < -0.4 is 0 Å². The van der Waals surface area contributed by atoms with Crippen molar-refractivity contribution >= 4 is 49.7 Å². The van der Waals surface area contributed by atoms with Gasteiger partial charge in [-0.3, -0.25) is 9.59 Å². The molecule has 0 bridgehead atoms. The summed E-state index contributed by atoms with van der Waals surface area (Å²) in [7, 11) is 0. The summed E-state index contributed by atoms with van der Waals surface area (Å²) in [5, 5.41) is 8.26. The molecule has 5 nitrogen and oxygen atoms in total. The Morgan fingerprint density at radius 3 is 2.47 bits per heavy atom. The smallest absolute Gasteiger partial charge is 1.00 e.